The van der Waals surface area contributed by atoms with Gasteiger partial charge in [0.15, 0.2) is 0 Å². The first-order chi connectivity index (χ1) is 10.3. The van der Waals surface area contributed by atoms with Crippen LogP contribution >= 0.6 is 0 Å². The zero-order valence-electron chi connectivity index (χ0n) is 13.6. The minimum atomic E-state index is -1.15. The molecule has 0 bridgehead atoms. The van der Waals surface area contributed by atoms with Crippen LogP contribution in [0.25, 0.3) is 0 Å². The quantitative estimate of drug-likeness (QED) is 0.892. The predicted molar refractivity (Wildman–Crippen MR) is 85.6 cm³/mol. The van der Waals surface area contributed by atoms with Crippen LogP contribution in [0.1, 0.15) is 35.1 Å². The first-order valence-corrected chi connectivity index (χ1v) is 7.40. The highest BCUT2D eigenvalue weighted by Crippen LogP contribution is 2.26. The first kappa shape index (κ1) is 16.3. The molecule has 2 N–H and O–H groups in total. The molecule has 4 heteroatoms. The number of amides is 1. The van der Waals surface area contributed by atoms with Crippen molar-refractivity contribution in [2.24, 2.45) is 0 Å². The third-order valence-electron chi connectivity index (χ3n) is 3.86. The molecule has 0 saturated carbocycles. The molecule has 1 heterocycles. The lowest BCUT2D eigenvalue weighted by atomic mass is 9.96. The molecular formula is C18H23NO3. The first-order valence-electron chi connectivity index (χ1n) is 7.40. The average molecular weight is 301 g/mol. The summed E-state index contributed by atoms with van der Waals surface area (Å²) >= 11 is 0. The summed E-state index contributed by atoms with van der Waals surface area (Å²) in [5, 5.41) is 13.4. The number of nitrogens with one attached hydrogen (secondary N) is 1. The second kappa shape index (κ2) is 6.36. The van der Waals surface area contributed by atoms with E-state index in [1.54, 1.807) is 6.92 Å². The van der Waals surface area contributed by atoms with Gasteiger partial charge in [-0.15, -0.1) is 0 Å². The zero-order chi connectivity index (χ0) is 16.3. The second-order valence-corrected chi connectivity index (χ2v) is 5.98. The van der Waals surface area contributed by atoms with Gasteiger partial charge < -0.3 is 14.8 Å². The van der Waals surface area contributed by atoms with Gasteiger partial charge in [0.05, 0.1) is 13.0 Å². The molecule has 0 aliphatic heterocycles. The molecule has 0 saturated heterocycles. The molecule has 0 aliphatic rings. The van der Waals surface area contributed by atoms with Crippen LogP contribution < -0.4 is 5.32 Å². The number of benzene rings is 1. The molecule has 0 fully saturated rings. The van der Waals surface area contributed by atoms with Crippen LogP contribution in [0.5, 0.6) is 0 Å². The summed E-state index contributed by atoms with van der Waals surface area (Å²) in [6.07, 6.45) is 0.312. The Kier molecular flexibility index (Phi) is 4.71. The standard InChI is InChI=1S/C18H23NO3/c1-12-7-5-6-8-15(12)10-17(20)19-11-18(4,21)16-9-13(2)22-14(16)3/h5-9,21H,10-11H2,1-4H3,(H,19,20). The SMILES string of the molecule is Cc1cc(C(C)(O)CNC(=O)Cc2ccccc2C)c(C)o1. The lowest BCUT2D eigenvalue weighted by Crippen LogP contribution is -2.39. The monoisotopic (exact) mass is 301 g/mol. The third-order valence-corrected chi connectivity index (χ3v) is 3.86. The van der Waals surface area contributed by atoms with Crippen LogP contribution in [0.2, 0.25) is 0 Å². The minimum absolute atomic E-state index is 0.104. The summed E-state index contributed by atoms with van der Waals surface area (Å²) in [6.45, 7) is 7.46. The number of furan rings is 1. The van der Waals surface area contributed by atoms with Crippen molar-refractivity contribution >= 4 is 5.91 Å². The maximum Gasteiger partial charge on any atom is 0.224 e. The largest absolute Gasteiger partial charge is 0.466 e. The Morgan fingerprint density at radius 1 is 1.27 bits per heavy atom. The number of rotatable bonds is 5. The molecule has 1 amide bonds. The molecule has 2 aromatic rings. The summed E-state index contributed by atoms with van der Waals surface area (Å²) in [5.41, 5.74) is 1.64. The van der Waals surface area contributed by atoms with Gasteiger partial charge in [-0.05, 0) is 44.9 Å². The van der Waals surface area contributed by atoms with E-state index in [2.05, 4.69) is 5.32 Å². The van der Waals surface area contributed by atoms with Gasteiger partial charge in [0, 0.05) is 5.56 Å². The van der Waals surface area contributed by atoms with E-state index < -0.39 is 5.60 Å². The van der Waals surface area contributed by atoms with Gasteiger partial charge in [0.1, 0.15) is 17.1 Å². The van der Waals surface area contributed by atoms with Crippen molar-refractivity contribution < 1.29 is 14.3 Å². The molecule has 1 aromatic heterocycles. The molecule has 2 rings (SSSR count). The number of hydrogen-bond donors (Lipinski definition) is 2. The van der Waals surface area contributed by atoms with Crippen LogP contribution in [0.3, 0.4) is 0 Å². The van der Waals surface area contributed by atoms with Gasteiger partial charge in [-0.1, -0.05) is 24.3 Å². The topological polar surface area (TPSA) is 62.5 Å². The fourth-order valence-electron chi connectivity index (χ4n) is 2.58. The maximum atomic E-state index is 12.1. The Balaban J connectivity index is 1.98. The predicted octanol–water partition coefficient (Wildman–Crippen LogP) is 2.77. The van der Waals surface area contributed by atoms with Crippen LogP contribution in [0.4, 0.5) is 0 Å². The van der Waals surface area contributed by atoms with Crippen LogP contribution in [0, 0.1) is 20.8 Å². The molecule has 0 radical (unpaired) electrons. The Morgan fingerprint density at radius 2 is 1.95 bits per heavy atom. The maximum absolute atomic E-state index is 12.1. The summed E-state index contributed by atoms with van der Waals surface area (Å²) in [4.78, 5) is 12.1. The summed E-state index contributed by atoms with van der Waals surface area (Å²) in [6, 6.07) is 9.60. The Bertz CT molecular complexity index is 671. The van der Waals surface area contributed by atoms with Crippen molar-refractivity contribution in [1.82, 2.24) is 5.32 Å². The van der Waals surface area contributed by atoms with E-state index in [1.807, 2.05) is 51.1 Å². The van der Waals surface area contributed by atoms with Crippen molar-refractivity contribution in [3.63, 3.8) is 0 Å². The molecule has 4 nitrogen and oxygen atoms in total. The normalized spacial score (nSPS) is 13.7. The van der Waals surface area contributed by atoms with Gasteiger partial charge in [-0.2, -0.15) is 0 Å². The van der Waals surface area contributed by atoms with E-state index in [9.17, 15) is 9.90 Å². The number of aryl methyl sites for hydroxylation is 3. The van der Waals surface area contributed by atoms with Gasteiger partial charge in [0.25, 0.3) is 0 Å². The van der Waals surface area contributed by atoms with Crippen LogP contribution in [0.15, 0.2) is 34.7 Å². The van der Waals surface area contributed by atoms with Crippen molar-refractivity contribution in [3.05, 3.63) is 58.5 Å². The second-order valence-electron chi connectivity index (χ2n) is 5.98. The fourth-order valence-corrected chi connectivity index (χ4v) is 2.58. The zero-order valence-corrected chi connectivity index (χ0v) is 13.6. The molecule has 1 unspecified atom stereocenters. The number of carbonyl (C=O) groups is 1. The van der Waals surface area contributed by atoms with E-state index in [1.165, 1.54) is 0 Å². The van der Waals surface area contributed by atoms with Crippen molar-refractivity contribution in [2.45, 2.75) is 39.7 Å². The molecule has 22 heavy (non-hydrogen) atoms. The highest BCUT2D eigenvalue weighted by atomic mass is 16.3. The van der Waals surface area contributed by atoms with E-state index in [0.717, 1.165) is 16.9 Å². The molecular weight excluding hydrogens is 278 g/mol. The molecule has 0 aliphatic carbocycles. The summed E-state index contributed by atoms with van der Waals surface area (Å²) in [5.74, 6) is 1.32. The van der Waals surface area contributed by atoms with Gasteiger partial charge >= 0.3 is 0 Å². The lowest BCUT2D eigenvalue weighted by Gasteiger charge is -2.23. The van der Waals surface area contributed by atoms with Crippen LogP contribution in [-0.2, 0) is 16.8 Å². The minimum Gasteiger partial charge on any atom is -0.466 e. The van der Waals surface area contributed by atoms with E-state index in [4.69, 9.17) is 4.42 Å². The average Bonchev–Trinajstić information content (AvgIpc) is 2.79. The number of aliphatic hydroxyl groups is 1. The van der Waals surface area contributed by atoms with Crippen molar-refractivity contribution in [2.75, 3.05) is 6.54 Å². The highest BCUT2D eigenvalue weighted by Gasteiger charge is 2.28. The van der Waals surface area contributed by atoms with Gasteiger partial charge in [-0.25, -0.2) is 0 Å². The number of carbonyl (C=O) groups excluding carboxylic acids is 1. The van der Waals surface area contributed by atoms with Crippen molar-refractivity contribution in [1.29, 1.82) is 0 Å². The molecule has 1 aromatic carbocycles. The van der Waals surface area contributed by atoms with Gasteiger partial charge in [0.2, 0.25) is 5.91 Å². The van der Waals surface area contributed by atoms with Crippen LogP contribution in [-0.4, -0.2) is 17.6 Å². The number of hydrogen-bond acceptors (Lipinski definition) is 3. The van der Waals surface area contributed by atoms with Crippen molar-refractivity contribution in [3.8, 4) is 0 Å². The highest BCUT2D eigenvalue weighted by molar-refractivity contribution is 5.79. The Labute approximate surface area is 131 Å². The molecule has 1 atom stereocenters. The fraction of sp³-hybridized carbons (Fsp3) is 0.389. The summed E-state index contributed by atoms with van der Waals surface area (Å²) in [7, 11) is 0. The van der Waals surface area contributed by atoms with E-state index in [0.29, 0.717) is 17.7 Å². The Hall–Kier alpha value is -2.07. The smallest absolute Gasteiger partial charge is 0.224 e. The van der Waals surface area contributed by atoms with E-state index in [-0.39, 0.29) is 12.5 Å². The molecule has 0 spiro atoms. The molecule has 118 valence electrons. The third kappa shape index (κ3) is 3.77. The summed E-state index contributed by atoms with van der Waals surface area (Å²) < 4.78 is 5.45. The van der Waals surface area contributed by atoms with Gasteiger partial charge in [-0.3, -0.25) is 4.79 Å². The van der Waals surface area contributed by atoms with E-state index >= 15 is 0 Å². The Morgan fingerprint density at radius 3 is 2.55 bits per heavy atom. The lowest BCUT2D eigenvalue weighted by molar-refractivity contribution is -0.121.